The van der Waals surface area contributed by atoms with Crippen LogP contribution in [0.25, 0.3) is 0 Å². The predicted molar refractivity (Wildman–Crippen MR) is 65.0 cm³/mol. The molecule has 3 N–H and O–H groups in total. The van der Waals surface area contributed by atoms with Crippen molar-refractivity contribution in [3.8, 4) is 0 Å². The molecular weight excluding hydrogens is 270 g/mol. The lowest BCUT2D eigenvalue weighted by Gasteiger charge is -2.16. The largest absolute Gasteiger partial charge is 0.346 e. The molecule has 0 bridgehead atoms. The van der Waals surface area contributed by atoms with Gasteiger partial charge in [0.2, 0.25) is 0 Å². The van der Waals surface area contributed by atoms with Gasteiger partial charge in [0.05, 0.1) is 0 Å². The fraction of sp³-hybridized carbons (Fsp3) is 0.455. The van der Waals surface area contributed by atoms with Crippen LogP contribution in [0.15, 0.2) is 22.8 Å². The highest BCUT2D eigenvalue weighted by molar-refractivity contribution is 9.10. The van der Waals surface area contributed by atoms with Gasteiger partial charge in [-0.15, -0.1) is 0 Å². The number of hydrogen-bond acceptors (Lipinski definition) is 3. The average molecular weight is 284 g/mol. The van der Waals surface area contributed by atoms with Gasteiger partial charge in [-0.05, 0) is 47.3 Å². The van der Waals surface area contributed by atoms with Crippen molar-refractivity contribution in [3.05, 3.63) is 28.5 Å². The first-order valence-corrected chi connectivity index (χ1v) is 6.14. The van der Waals surface area contributed by atoms with E-state index in [2.05, 4.69) is 26.2 Å². The van der Waals surface area contributed by atoms with Crippen LogP contribution in [0.1, 0.15) is 29.8 Å². The van der Waals surface area contributed by atoms with Crippen molar-refractivity contribution in [2.24, 2.45) is 5.73 Å². The number of halogens is 1. The van der Waals surface area contributed by atoms with Crippen molar-refractivity contribution in [2.75, 3.05) is 0 Å². The van der Waals surface area contributed by atoms with E-state index in [-0.39, 0.29) is 18.0 Å². The quantitative estimate of drug-likeness (QED) is 0.863. The summed E-state index contributed by atoms with van der Waals surface area (Å²) in [6.45, 7) is 0. The number of amides is 1. The maximum absolute atomic E-state index is 11.8. The summed E-state index contributed by atoms with van der Waals surface area (Å²) in [5.41, 5.74) is 6.32. The van der Waals surface area contributed by atoms with Crippen molar-refractivity contribution in [2.45, 2.75) is 31.3 Å². The summed E-state index contributed by atoms with van der Waals surface area (Å²) in [6, 6.07) is 3.67. The molecule has 2 atom stereocenters. The van der Waals surface area contributed by atoms with Crippen LogP contribution in [0.5, 0.6) is 0 Å². The van der Waals surface area contributed by atoms with E-state index in [0.717, 1.165) is 23.7 Å². The molecule has 1 amide bonds. The molecule has 1 fully saturated rings. The summed E-state index contributed by atoms with van der Waals surface area (Å²) in [5.74, 6) is -0.144. The van der Waals surface area contributed by atoms with E-state index < -0.39 is 0 Å². The number of aromatic nitrogens is 1. The number of hydrogen-bond donors (Lipinski definition) is 2. The van der Waals surface area contributed by atoms with Gasteiger partial charge in [-0.3, -0.25) is 4.79 Å². The zero-order valence-electron chi connectivity index (χ0n) is 8.82. The maximum Gasteiger partial charge on any atom is 0.270 e. The van der Waals surface area contributed by atoms with Crippen LogP contribution < -0.4 is 11.1 Å². The van der Waals surface area contributed by atoms with Gasteiger partial charge in [0.1, 0.15) is 5.69 Å². The highest BCUT2D eigenvalue weighted by Crippen LogP contribution is 2.17. The standard InChI is InChI=1S/C11H14BrN3O/c12-7-4-5-10(14-6-7)11(16)15-9-3-1-2-8(9)13/h4-6,8-9H,1-3,13H2,(H,15,16). The maximum atomic E-state index is 11.8. The summed E-state index contributed by atoms with van der Waals surface area (Å²) >= 11 is 3.28. The molecule has 1 aliphatic carbocycles. The van der Waals surface area contributed by atoms with Gasteiger partial charge >= 0.3 is 0 Å². The molecule has 1 aromatic rings. The van der Waals surface area contributed by atoms with Gasteiger partial charge in [-0.1, -0.05) is 0 Å². The summed E-state index contributed by atoms with van der Waals surface area (Å²) in [7, 11) is 0. The molecule has 0 saturated heterocycles. The lowest BCUT2D eigenvalue weighted by Crippen LogP contribution is -2.44. The minimum absolute atomic E-state index is 0.0828. The summed E-state index contributed by atoms with van der Waals surface area (Å²) in [5, 5.41) is 2.92. The van der Waals surface area contributed by atoms with E-state index >= 15 is 0 Å². The average Bonchev–Trinajstić information content (AvgIpc) is 2.65. The monoisotopic (exact) mass is 283 g/mol. The van der Waals surface area contributed by atoms with Crippen LogP contribution in [-0.2, 0) is 0 Å². The highest BCUT2D eigenvalue weighted by atomic mass is 79.9. The number of carbonyl (C=O) groups is 1. The molecule has 1 aromatic heterocycles. The molecule has 4 nitrogen and oxygen atoms in total. The number of nitrogens with one attached hydrogen (secondary N) is 1. The van der Waals surface area contributed by atoms with E-state index in [0.29, 0.717) is 5.69 Å². The normalized spacial score (nSPS) is 24.4. The van der Waals surface area contributed by atoms with E-state index in [4.69, 9.17) is 5.73 Å². The van der Waals surface area contributed by atoms with Crippen LogP contribution >= 0.6 is 15.9 Å². The zero-order valence-corrected chi connectivity index (χ0v) is 10.4. The van der Waals surface area contributed by atoms with Crippen molar-refractivity contribution < 1.29 is 4.79 Å². The summed E-state index contributed by atoms with van der Waals surface area (Å²) in [4.78, 5) is 15.9. The Hall–Kier alpha value is -0.940. The summed E-state index contributed by atoms with van der Waals surface area (Å²) in [6.07, 6.45) is 4.64. The molecule has 2 rings (SSSR count). The Bertz CT molecular complexity index is 379. The van der Waals surface area contributed by atoms with Gasteiger partial charge < -0.3 is 11.1 Å². The van der Waals surface area contributed by atoms with Crippen molar-refractivity contribution in [1.82, 2.24) is 10.3 Å². The van der Waals surface area contributed by atoms with E-state index in [9.17, 15) is 4.79 Å². The Morgan fingerprint density at radius 3 is 2.88 bits per heavy atom. The van der Waals surface area contributed by atoms with E-state index in [1.54, 1.807) is 18.3 Å². The molecule has 0 aromatic carbocycles. The fourth-order valence-electron chi connectivity index (χ4n) is 1.92. The van der Waals surface area contributed by atoms with Crippen LogP contribution in [-0.4, -0.2) is 23.0 Å². The topological polar surface area (TPSA) is 68.0 Å². The van der Waals surface area contributed by atoms with Crippen LogP contribution in [0.4, 0.5) is 0 Å². The van der Waals surface area contributed by atoms with Crippen LogP contribution in [0.3, 0.4) is 0 Å². The van der Waals surface area contributed by atoms with Crippen LogP contribution in [0.2, 0.25) is 0 Å². The number of pyridine rings is 1. The van der Waals surface area contributed by atoms with Crippen LogP contribution in [0, 0.1) is 0 Å². The Morgan fingerprint density at radius 2 is 2.31 bits per heavy atom. The fourth-order valence-corrected chi connectivity index (χ4v) is 2.15. The van der Waals surface area contributed by atoms with Gasteiger partial charge in [0.15, 0.2) is 0 Å². The van der Waals surface area contributed by atoms with E-state index in [1.165, 1.54) is 0 Å². The molecule has 1 aliphatic rings. The predicted octanol–water partition coefficient (Wildman–Crippen LogP) is 1.45. The Balaban J connectivity index is 2.00. The molecule has 86 valence electrons. The third kappa shape index (κ3) is 2.59. The molecule has 0 radical (unpaired) electrons. The van der Waals surface area contributed by atoms with E-state index in [1.807, 2.05) is 0 Å². The van der Waals surface area contributed by atoms with Gasteiger partial charge in [0.25, 0.3) is 5.91 Å². The number of nitrogens with zero attached hydrogens (tertiary/aromatic N) is 1. The molecular formula is C11H14BrN3O. The Kier molecular flexibility index (Phi) is 3.56. The number of nitrogens with two attached hydrogens (primary N) is 1. The summed E-state index contributed by atoms with van der Waals surface area (Å²) < 4.78 is 0.863. The second kappa shape index (κ2) is 4.93. The van der Waals surface area contributed by atoms with Crippen molar-refractivity contribution >= 4 is 21.8 Å². The Morgan fingerprint density at radius 1 is 1.50 bits per heavy atom. The second-order valence-electron chi connectivity index (χ2n) is 4.04. The Labute approximate surface area is 103 Å². The third-order valence-corrected chi connectivity index (χ3v) is 3.32. The SMILES string of the molecule is NC1CCCC1NC(=O)c1ccc(Br)cn1. The molecule has 5 heteroatoms. The minimum atomic E-state index is -0.144. The highest BCUT2D eigenvalue weighted by Gasteiger charge is 2.25. The number of rotatable bonds is 2. The second-order valence-corrected chi connectivity index (χ2v) is 4.95. The molecule has 1 saturated carbocycles. The van der Waals surface area contributed by atoms with Gasteiger partial charge in [0, 0.05) is 22.8 Å². The third-order valence-electron chi connectivity index (χ3n) is 2.85. The first-order valence-electron chi connectivity index (χ1n) is 5.35. The molecule has 1 heterocycles. The minimum Gasteiger partial charge on any atom is -0.346 e. The zero-order chi connectivity index (χ0) is 11.5. The molecule has 0 spiro atoms. The number of carbonyl (C=O) groups excluding carboxylic acids is 1. The van der Waals surface area contributed by atoms with Crippen molar-refractivity contribution in [1.29, 1.82) is 0 Å². The smallest absolute Gasteiger partial charge is 0.270 e. The molecule has 2 unspecified atom stereocenters. The lowest BCUT2D eigenvalue weighted by atomic mass is 10.2. The molecule has 16 heavy (non-hydrogen) atoms. The lowest BCUT2D eigenvalue weighted by molar-refractivity contribution is 0.0929. The van der Waals surface area contributed by atoms with Crippen molar-refractivity contribution in [3.63, 3.8) is 0 Å². The first kappa shape index (κ1) is 11.5. The van der Waals surface area contributed by atoms with Gasteiger partial charge in [-0.2, -0.15) is 0 Å². The first-order chi connectivity index (χ1) is 7.66. The van der Waals surface area contributed by atoms with Gasteiger partial charge in [-0.25, -0.2) is 4.98 Å². The molecule has 0 aliphatic heterocycles.